The number of carbonyl (C=O) groups excluding carboxylic acids is 2. The van der Waals surface area contributed by atoms with Crippen LogP contribution in [0.15, 0.2) is 0 Å². The van der Waals surface area contributed by atoms with Crippen LogP contribution in [-0.4, -0.2) is 39.0 Å². The van der Waals surface area contributed by atoms with Gasteiger partial charge in [-0.05, 0) is 11.8 Å². The van der Waals surface area contributed by atoms with Gasteiger partial charge in [-0.2, -0.15) is 0 Å². The predicted octanol–water partition coefficient (Wildman–Crippen LogP) is 1.26. The Labute approximate surface area is 108 Å². The normalized spacial score (nSPS) is 10.9. The molecular weight excluding hydrogens is 236 g/mol. The van der Waals surface area contributed by atoms with E-state index in [0.717, 1.165) is 0 Å². The van der Waals surface area contributed by atoms with Crippen LogP contribution in [0.2, 0.25) is 0 Å². The van der Waals surface area contributed by atoms with E-state index in [-0.39, 0.29) is 18.1 Å². The lowest BCUT2D eigenvalue weighted by molar-refractivity contribution is -0.123. The van der Waals surface area contributed by atoms with Gasteiger partial charge >= 0.3 is 6.09 Å². The van der Waals surface area contributed by atoms with Gasteiger partial charge in [-0.1, -0.05) is 20.8 Å². The first-order chi connectivity index (χ1) is 8.35. The Morgan fingerprint density at radius 2 is 1.83 bits per heavy atom. The van der Waals surface area contributed by atoms with Gasteiger partial charge in [0, 0.05) is 13.0 Å². The van der Waals surface area contributed by atoms with Crippen LogP contribution in [0.5, 0.6) is 0 Å². The van der Waals surface area contributed by atoms with Crippen LogP contribution in [0.25, 0.3) is 0 Å². The number of carbonyl (C=O) groups is 2. The standard InChI is InChI=1S/C12H24N2O4/c1-12(2,3)8-18-9-14-10(15)6-5-7-13-11(16)17-4/h5-9H2,1-4H3,(H,13,16)(H,14,15). The van der Waals surface area contributed by atoms with E-state index in [1.165, 1.54) is 7.11 Å². The third-order valence-corrected chi connectivity index (χ3v) is 1.94. The van der Waals surface area contributed by atoms with Gasteiger partial charge < -0.3 is 20.1 Å². The lowest BCUT2D eigenvalue weighted by Crippen LogP contribution is -2.30. The van der Waals surface area contributed by atoms with E-state index in [1.807, 2.05) is 0 Å². The van der Waals surface area contributed by atoms with Crippen LogP contribution in [-0.2, 0) is 14.3 Å². The van der Waals surface area contributed by atoms with E-state index in [2.05, 4.69) is 36.1 Å². The number of rotatable bonds is 7. The molecule has 0 radical (unpaired) electrons. The largest absolute Gasteiger partial charge is 0.453 e. The second-order valence-corrected chi connectivity index (χ2v) is 5.18. The van der Waals surface area contributed by atoms with Gasteiger partial charge in [0.25, 0.3) is 0 Å². The fourth-order valence-corrected chi connectivity index (χ4v) is 1.09. The highest BCUT2D eigenvalue weighted by molar-refractivity contribution is 5.75. The van der Waals surface area contributed by atoms with Gasteiger partial charge in [0.15, 0.2) is 0 Å². The summed E-state index contributed by atoms with van der Waals surface area (Å²) in [6.45, 7) is 7.43. The first kappa shape index (κ1) is 16.7. The summed E-state index contributed by atoms with van der Waals surface area (Å²) in [5.74, 6) is -0.0874. The molecule has 0 saturated heterocycles. The molecule has 0 unspecified atom stereocenters. The number of nitrogens with one attached hydrogen (secondary N) is 2. The minimum Gasteiger partial charge on any atom is -0.453 e. The summed E-state index contributed by atoms with van der Waals surface area (Å²) in [6, 6.07) is 0. The molecule has 0 bridgehead atoms. The van der Waals surface area contributed by atoms with E-state index >= 15 is 0 Å². The van der Waals surface area contributed by atoms with Crippen molar-refractivity contribution in [3.05, 3.63) is 0 Å². The number of ether oxygens (including phenoxy) is 2. The van der Waals surface area contributed by atoms with Crippen LogP contribution in [0, 0.1) is 5.41 Å². The molecule has 0 saturated carbocycles. The lowest BCUT2D eigenvalue weighted by atomic mass is 9.99. The maximum absolute atomic E-state index is 11.3. The number of hydrogen-bond acceptors (Lipinski definition) is 4. The van der Waals surface area contributed by atoms with Crippen LogP contribution < -0.4 is 10.6 Å². The summed E-state index contributed by atoms with van der Waals surface area (Å²) >= 11 is 0. The average molecular weight is 260 g/mol. The first-order valence-electron chi connectivity index (χ1n) is 6.01. The molecule has 6 nitrogen and oxygen atoms in total. The first-order valence-corrected chi connectivity index (χ1v) is 6.01. The molecule has 0 aromatic rings. The second-order valence-electron chi connectivity index (χ2n) is 5.18. The molecule has 0 heterocycles. The highest BCUT2D eigenvalue weighted by atomic mass is 16.5. The van der Waals surface area contributed by atoms with E-state index in [4.69, 9.17) is 4.74 Å². The average Bonchev–Trinajstić information content (AvgIpc) is 2.28. The molecule has 0 fully saturated rings. The molecule has 106 valence electrons. The van der Waals surface area contributed by atoms with E-state index in [0.29, 0.717) is 26.0 Å². The van der Waals surface area contributed by atoms with Crippen molar-refractivity contribution in [1.29, 1.82) is 0 Å². The lowest BCUT2D eigenvalue weighted by Gasteiger charge is -2.18. The third kappa shape index (κ3) is 11.2. The molecule has 0 aliphatic rings. The molecular formula is C12H24N2O4. The van der Waals surface area contributed by atoms with E-state index in [9.17, 15) is 9.59 Å². The molecule has 0 aromatic heterocycles. The van der Waals surface area contributed by atoms with Crippen LogP contribution in [0.4, 0.5) is 4.79 Å². The van der Waals surface area contributed by atoms with Crippen molar-refractivity contribution in [3.63, 3.8) is 0 Å². The maximum atomic E-state index is 11.3. The Hall–Kier alpha value is -1.30. The maximum Gasteiger partial charge on any atom is 0.406 e. The van der Waals surface area contributed by atoms with Gasteiger partial charge in [0.2, 0.25) is 5.91 Å². The van der Waals surface area contributed by atoms with E-state index in [1.54, 1.807) is 0 Å². The molecule has 18 heavy (non-hydrogen) atoms. The van der Waals surface area contributed by atoms with Gasteiger partial charge in [-0.3, -0.25) is 4.79 Å². The van der Waals surface area contributed by atoms with E-state index < -0.39 is 6.09 Å². The Kier molecular flexibility index (Phi) is 8.11. The van der Waals surface area contributed by atoms with Crippen molar-refractivity contribution < 1.29 is 19.1 Å². The van der Waals surface area contributed by atoms with Crippen LogP contribution in [0.3, 0.4) is 0 Å². The number of hydrogen-bond donors (Lipinski definition) is 2. The monoisotopic (exact) mass is 260 g/mol. The molecule has 0 rings (SSSR count). The summed E-state index contributed by atoms with van der Waals surface area (Å²) < 4.78 is 9.71. The summed E-state index contributed by atoms with van der Waals surface area (Å²) in [6.07, 6.45) is 0.437. The van der Waals surface area contributed by atoms with Crippen LogP contribution >= 0.6 is 0 Å². The highest BCUT2D eigenvalue weighted by Gasteiger charge is 2.10. The molecule has 6 heteroatoms. The van der Waals surface area contributed by atoms with Gasteiger partial charge in [-0.15, -0.1) is 0 Å². The number of alkyl carbamates (subject to hydrolysis) is 1. The molecule has 0 spiro atoms. The van der Waals surface area contributed by atoms with Crippen LogP contribution in [0.1, 0.15) is 33.6 Å². The van der Waals surface area contributed by atoms with Crippen molar-refractivity contribution in [3.8, 4) is 0 Å². The zero-order chi connectivity index (χ0) is 14.0. The Balaban J connectivity index is 3.41. The number of methoxy groups -OCH3 is 1. The zero-order valence-corrected chi connectivity index (χ0v) is 11.7. The summed E-state index contributed by atoms with van der Waals surface area (Å²) in [5, 5.41) is 5.15. The molecule has 0 aromatic carbocycles. The Morgan fingerprint density at radius 1 is 1.17 bits per heavy atom. The highest BCUT2D eigenvalue weighted by Crippen LogP contribution is 2.12. The van der Waals surface area contributed by atoms with Crippen molar-refractivity contribution in [2.75, 3.05) is 27.0 Å². The minimum absolute atomic E-state index is 0.0874. The fourth-order valence-electron chi connectivity index (χ4n) is 1.09. The molecule has 0 atom stereocenters. The summed E-state index contributed by atoms with van der Waals surface area (Å²) in [7, 11) is 1.30. The van der Waals surface area contributed by atoms with Crippen molar-refractivity contribution in [1.82, 2.24) is 10.6 Å². The quantitative estimate of drug-likeness (QED) is 0.533. The minimum atomic E-state index is -0.482. The van der Waals surface area contributed by atoms with Crippen molar-refractivity contribution >= 4 is 12.0 Å². The molecule has 2 N–H and O–H groups in total. The zero-order valence-electron chi connectivity index (χ0n) is 11.7. The number of amides is 2. The van der Waals surface area contributed by atoms with Crippen molar-refractivity contribution in [2.45, 2.75) is 33.6 Å². The van der Waals surface area contributed by atoms with Gasteiger partial charge in [-0.25, -0.2) is 4.79 Å². The van der Waals surface area contributed by atoms with Crippen molar-refractivity contribution in [2.24, 2.45) is 5.41 Å². The molecule has 0 aliphatic carbocycles. The van der Waals surface area contributed by atoms with Gasteiger partial charge in [0.05, 0.1) is 13.7 Å². The van der Waals surface area contributed by atoms with Gasteiger partial charge in [0.1, 0.15) is 6.73 Å². The SMILES string of the molecule is COC(=O)NCCCC(=O)NCOCC(C)(C)C. The smallest absolute Gasteiger partial charge is 0.406 e. The second kappa shape index (κ2) is 8.74. The topological polar surface area (TPSA) is 76.7 Å². The third-order valence-electron chi connectivity index (χ3n) is 1.94. The summed E-state index contributed by atoms with van der Waals surface area (Å²) in [4.78, 5) is 22.1. The Bertz CT molecular complexity index is 261. The predicted molar refractivity (Wildman–Crippen MR) is 68.1 cm³/mol. The summed E-state index contributed by atoms with van der Waals surface area (Å²) in [5.41, 5.74) is 0.0924. The fraction of sp³-hybridized carbons (Fsp3) is 0.833. The Morgan fingerprint density at radius 3 is 2.39 bits per heavy atom. The molecule has 2 amide bonds. The molecule has 0 aliphatic heterocycles.